The van der Waals surface area contributed by atoms with Gasteiger partial charge in [0.25, 0.3) is 5.56 Å². The normalized spacial score (nSPS) is 10.3. The first kappa shape index (κ1) is 6.91. The van der Waals surface area contributed by atoms with Gasteiger partial charge >= 0.3 is 0 Å². The third-order valence-corrected chi connectivity index (χ3v) is 1.74. The van der Waals surface area contributed by atoms with Gasteiger partial charge in [-0.2, -0.15) is 0 Å². The third kappa shape index (κ3) is 0.955. The second kappa shape index (κ2) is 2.37. The Morgan fingerprint density at radius 2 is 2.00 bits per heavy atom. The van der Waals surface area contributed by atoms with E-state index in [-0.39, 0.29) is 11.4 Å². The molecule has 2 aromatic rings. The number of aromatic nitrogens is 1. The van der Waals surface area contributed by atoms with Crippen LogP contribution in [-0.4, -0.2) is 10.1 Å². The fourth-order valence-electron chi connectivity index (χ4n) is 1.20. The van der Waals surface area contributed by atoms with Gasteiger partial charge in [0.2, 0.25) is 0 Å². The predicted octanol–water partition coefficient (Wildman–Crippen LogP) is 1.23. The van der Waals surface area contributed by atoms with Crippen LogP contribution < -0.4 is 5.56 Å². The van der Waals surface area contributed by atoms with Gasteiger partial charge in [-0.25, -0.2) is 0 Å². The Balaban J connectivity index is 2.99. The molecule has 0 saturated heterocycles. The molecule has 1 heterocycles. The Morgan fingerprint density at radius 3 is 2.83 bits per heavy atom. The Labute approximate surface area is 68.3 Å². The van der Waals surface area contributed by atoms with Gasteiger partial charge in [0.1, 0.15) is 0 Å². The van der Waals surface area contributed by atoms with Gasteiger partial charge in [0, 0.05) is 11.5 Å². The van der Waals surface area contributed by atoms with E-state index in [1.54, 1.807) is 18.2 Å². The highest BCUT2D eigenvalue weighted by molar-refractivity contribution is 5.86. The molecule has 0 aliphatic rings. The zero-order valence-electron chi connectivity index (χ0n) is 6.24. The fourth-order valence-corrected chi connectivity index (χ4v) is 1.20. The zero-order valence-corrected chi connectivity index (χ0v) is 6.24. The molecule has 60 valence electrons. The van der Waals surface area contributed by atoms with Crippen molar-refractivity contribution in [2.75, 3.05) is 0 Å². The highest BCUT2D eigenvalue weighted by Gasteiger charge is 1.98. The van der Waals surface area contributed by atoms with E-state index in [1.165, 1.54) is 6.07 Å². The fraction of sp³-hybridized carbons (Fsp3) is 0. The Kier molecular flexibility index (Phi) is 1.37. The minimum absolute atomic E-state index is 0.0712. The minimum atomic E-state index is -0.286. The Morgan fingerprint density at radius 1 is 1.25 bits per heavy atom. The van der Waals surface area contributed by atoms with Crippen LogP contribution in [0.15, 0.2) is 35.1 Å². The molecular weight excluding hydrogens is 154 g/mol. The van der Waals surface area contributed by atoms with Crippen LogP contribution in [0.3, 0.4) is 0 Å². The Hall–Kier alpha value is -1.77. The number of aromatic hydroxyl groups is 1. The molecule has 0 spiro atoms. The maximum absolute atomic E-state index is 10.9. The van der Waals surface area contributed by atoms with E-state index in [0.29, 0.717) is 5.39 Å². The number of aromatic amines is 1. The molecule has 0 unspecified atom stereocenters. The zero-order chi connectivity index (χ0) is 8.55. The minimum Gasteiger partial charge on any atom is -0.494 e. The molecule has 12 heavy (non-hydrogen) atoms. The molecule has 3 nitrogen and oxygen atoms in total. The standard InChI is InChI=1S/C9H7NO2/c11-8-5-6-3-1-2-4-7(6)9(12)10-8/h1-5H,(H2,10,11,12). The van der Waals surface area contributed by atoms with Crippen molar-refractivity contribution < 1.29 is 5.11 Å². The summed E-state index contributed by atoms with van der Waals surface area (Å²) in [4.78, 5) is 13.2. The van der Waals surface area contributed by atoms with Gasteiger partial charge in [0.15, 0.2) is 5.88 Å². The molecule has 0 atom stereocenters. The van der Waals surface area contributed by atoms with Gasteiger partial charge in [0.05, 0.1) is 0 Å². The SMILES string of the molecule is O=c1cc2ccccc2c(O)[nH]1. The molecular formula is C9H7NO2. The summed E-state index contributed by atoms with van der Waals surface area (Å²) in [6.07, 6.45) is 0. The van der Waals surface area contributed by atoms with E-state index in [4.69, 9.17) is 0 Å². The third-order valence-electron chi connectivity index (χ3n) is 1.74. The van der Waals surface area contributed by atoms with Gasteiger partial charge in [-0.05, 0) is 11.5 Å². The van der Waals surface area contributed by atoms with E-state index in [0.717, 1.165) is 5.39 Å². The van der Waals surface area contributed by atoms with Crippen molar-refractivity contribution in [3.63, 3.8) is 0 Å². The van der Waals surface area contributed by atoms with Crippen molar-refractivity contribution in [1.82, 2.24) is 4.98 Å². The smallest absolute Gasteiger partial charge is 0.251 e. The lowest BCUT2D eigenvalue weighted by Crippen LogP contribution is -2.02. The van der Waals surface area contributed by atoms with E-state index < -0.39 is 0 Å². The largest absolute Gasteiger partial charge is 0.494 e. The summed E-state index contributed by atoms with van der Waals surface area (Å²) in [5, 5.41) is 10.7. The summed E-state index contributed by atoms with van der Waals surface area (Å²) in [5.41, 5.74) is -0.286. The maximum atomic E-state index is 10.9. The summed E-state index contributed by atoms with van der Waals surface area (Å²) >= 11 is 0. The second-order valence-corrected chi connectivity index (χ2v) is 2.57. The summed E-state index contributed by atoms with van der Waals surface area (Å²) < 4.78 is 0. The maximum Gasteiger partial charge on any atom is 0.251 e. The molecule has 1 aromatic heterocycles. The number of fused-ring (bicyclic) bond motifs is 1. The van der Waals surface area contributed by atoms with Crippen LogP contribution in [0, 0.1) is 0 Å². The number of benzene rings is 1. The number of hydrogen-bond donors (Lipinski definition) is 2. The lowest BCUT2D eigenvalue weighted by atomic mass is 10.2. The summed E-state index contributed by atoms with van der Waals surface area (Å²) in [6, 6.07) is 8.61. The quantitative estimate of drug-likeness (QED) is 0.610. The van der Waals surface area contributed by atoms with Gasteiger partial charge < -0.3 is 5.11 Å². The van der Waals surface area contributed by atoms with E-state index in [2.05, 4.69) is 4.98 Å². The molecule has 0 radical (unpaired) electrons. The average Bonchev–Trinajstić information content (AvgIpc) is 2.04. The van der Waals surface area contributed by atoms with Crippen LogP contribution in [0.4, 0.5) is 0 Å². The van der Waals surface area contributed by atoms with Crippen molar-refractivity contribution in [1.29, 1.82) is 0 Å². The topological polar surface area (TPSA) is 53.1 Å². The van der Waals surface area contributed by atoms with Crippen molar-refractivity contribution in [2.45, 2.75) is 0 Å². The first-order valence-corrected chi connectivity index (χ1v) is 3.58. The molecule has 0 bridgehead atoms. The summed E-state index contributed by atoms with van der Waals surface area (Å²) in [5.74, 6) is -0.0712. The molecule has 0 fully saturated rings. The van der Waals surface area contributed by atoms with Crippen LogP contribution in [0.1, 0.15) is 0 Å². The van der Waals surface area contributed by atoms with Gasteiger partial charge in [-0.15, -0.1) is 0 Å². The molecule has 0 saturated carbocycles. The van der Waals surface area contributed by atoms with Crippen LogP contribution in [0.25, 0.3) is 10.8 Å². The first-order valence-electron chi connectivity index (χ1n) is 3.58. The van der Waals surface area contributed by atoms with E-state index in [9.17, 15) is 9.90 Å². The summed E-state index contributed by atoms with van der Waals surface area (Å²) in [7, 11) is 0. The van der Waals surface area contributed by atoms with Crippen LogP contribution >= 0.6 is 0 Å². The lowest BCUT2D eigenvalue weighted by Gasteiger charge is -1.97. The van der Waals surface area contributed by atoms with Gasteiger partial charge in [-0.3, -0.25) is 9.78 Å². The number of rotatable bonds is 0. The molecule has 1 aromatic carbocycles. The number of hydrogen-bond acceptors (Lipinski definition) is 2. The number of pyridine rings is 1. The molecule has 0 aliphatic carbocycles. The van der Waals surface area contributed by atoms with Crippen molar-refractivity contribution in [3.8, 4) is 5.88 Å². The average molecular weight is 161 g/mol. The van der Waals surface area contributed by atoms with Crippen LogP contribution in [0.5, 0.6) is 5.88 Å². The van der Waals surface area contributed by atoms with Crippen molar-refractivity contribution >= 4 is 10.8 Å². The lowest BCUT2D eigenvalue weighted by molar-refractivity contribution is 0.459. The van der Waals surface area contributed by atoms with E-state index >= 15 is 0 Å². The highest BCUT2D eigenvalue weighted by Crippen LogP contribution is 2.18. The number of nitrogens with one attached hydrogen (secondary N) is 1. The molecule has 0 amide bonds. The molecule has 3 heteroatoms. The van der Waals surface area contributed by atoms with Crippen LogP contribution in [-0.2, 0) is 0 Å². The van der Waals surface area contributed by atoms with E-state index in [1.807, 2.05) is 6.07 Å². The number of H-pyrrole nitrogens is 1. The highest BCUT2D eigenvalue weighted by atomic mass is 16.3. The van der Waals surface area contributed by atoms with Crippen LogP contribution in [0.2, 0.25) is 0 Å². The molecule has 2 N–H and O–H groups in total. The summed E-state index contributed by atoms with van der Waals surface area (Å²) in [6.45, 7) is 0. The Bertz CT molecular complexity index is 473. The monoisotopic (exact) mass is 161 g/mol. The first-order chi connectivity index (χ1) is 5.77. The second-order valence-electron chi connectivity index (χ2n) is 2.57. The van der Waals surface area contributed by atoms with Gasteiger partial charge in [-0.1, -0.05) is 18.2 Å². The molecule has 0 aliphatic heterocycles. The molecule has 2 rings (SSSR count). The van der Waals surface area contributed by atoms with Crippen molar-refractivity contribution in [2.24, 2.45) is 0 Å². The van der Waals surface area contributed by atoms with Crippen molar-refractivity contribution in [3.05, 3.63) is 40.7 Å². The predicted molar refractivity (Wildman–Crippen MR) is 46.2 cm³/mol.